The molecule has 0 saturated carbocycles. The molecule has 1 aromatic heterocycles. The molecule has 1 atom stereocenters. The molecule has 0 bridgehead atoms. The van der Waals surface area contributed by atoms with Crippen LogP contribution in [-0.2, 0) is 17.7 Å². The predicted octanol–water partition coefficient (Wildman–Crippen LogP) is 2.20. The normalized spacial score (nSPS) is 16.6. The molecular formula is C15H16N2O2. The Balaban J connectivity index is 1.84. The van der Waals surface area contributed by atoms with Gasteiger partial charge < -0.3 is 15.0 Å². The van der Waals surface area contributed by atoms with E-state index in [2.05, 4.69) is 24.3 Å². The molecule has 1 heterocycles. The number of hydrogen-bond donors (Lipinski definition) is 1. The zero-order valence-electron chi connectivity index (χ0n) is 10.8. The Morgan fingerprint density at radius 1 is 1.47 bits per heavy atom. The fourth-order valence-electron chi connectivity index (χ4n) is 2.72. The number of carbonyl (C=O) groups is 1. The molecule has 2 aromatic rings. The van der Waals surface area contributed by atoms with Crippen LogP contribution < -0.4 is 5.73 Å². The molecule has 3 rings (SSSR count). The van der Waals surface area contributed by atoms with Gasteiger partial charge in [0.15, 0.2) is 0 Å². The van der Waals surface area contributed by atoms with E-state index in [1.54, 1.807) is 12.3 Å². The molecule has 0 aliphatic heterocycles. The van der Waals surface area contributed by atoms with Crippen molar-refractivity contribution in [2.24, 2.45) is 0 Å². The number of esters is 1. The molecule has 1 aliphatic carbocycles. The van der Waals surface area contributed by atoms with Gasteiger partial charge in [0.2, 0.25) is 0 Å². The Kier molecular flexibility index (Phi) is 2.78. The zero-order chi connectivity index (χ0) is 13.4. The molecule has 0 fully saturated rings. The Morgan fingerprint density at radius 2 is 2.26 bits per heavy atom. The summed E-state index contributed by atoms with van der Waals surface area (Å²) < 4.78 is 6.67. The monoisotopic (exact) mass is 256 g/mol. The molecule has 19 heavy (non-hydrogen) atoms. The molecule has 1 aliphatic rings. The summed E-state index contributed by atoms with van der Waals surface area (Å²) in [5.41, 5.74) is 9.64. The van der Waals surface area contributed by atoms with Crippen LogP contribution in [0, 0.1) is 0 Å². The minimum atomic E-state index is -0.343. The maximum atomic E-state index is 11.7. The lowest BCUT2D eigenvalue weighted by molar-refractivity contribution is 0.0588. The van der Waals surface area contributed by atoms with Crippen molar-refractivity contribution < 1.29 is 9.53 Å². The first-order valence-corrected chi connectivity index (χ1v) is 6.31. The molecular weight excluding hydrogens is 240 g/mol. The van der Waals surface area contributed by atoms with Crippen LogP contribution in [0.1, 0.15) is 27.5 Å². The maximum absolute atomic E-state index is 11.7. The summed E-state index contributed by atoms with van der Waals surface area (Å²) in [6, 6.07) is 10.1. The number of hydrogen-bond acceptors (Lipinski definition) is 3. The van der Waals surface area contributed by atoms with Gasteiger partial charge in [0.05, 0.1) is 12.8 Å². The van der Waals surface area contributed by atoms with Crippen LogP contribution in [0.5, 0.6) is 0 Å². The van der Waals surface area contributed by atoms with Crippen LogP contribution in [0.4, 0.5) is 5.69 Å². The number of anilines is 1. The van der Waals surface area contributed by atoms with Crippen molar-refractivity contribution >= 4 is 11.7 Å². The highest BCUT2D eigenvalue weighted by molar-refractivity contribution is 5.89. The van der Waals surface area contributed by atoms with Gasteiger partial charge in [-0.3, -0.25) is 0 Å². The fourth-order valence-corrected chi connectivity index (χ4v) is 2.72. The zero-order valence-corrected chi connectivity index (χ0v) is 10.8. The lowest BCUT2D eigenvalue weighted by atomic mass is 9.77. The van der Waals surface area contributed by atoms with Gasteiger partial charge in [0.1, 0.15) is 5.69 Å². The fraction of sp³-hybridized carbons (Fsp3) is 0.267. The molecule has 2 N–H and O–H groups in total. The van der Waals surface area contributed by atoms with Crippen molar-refractivity contribution in [1.29, 1.82) is 0 Å². The van der Waals surface area contributed by atoms with E-state index >= 15 is 0 Å². The first-order chi connectivity index (χ1) is 9.19. The summed E-state index contributed by atoms with van der Waals surface area (Å²) in [6.45, 7) is 0.763. The van der Waals surface area contributed by atoms with Crippen molar-refractivity contribution in [1.82, 2.24) is 4.57 Å². The third-order valence-electron chi connectivity index (χ3n) is 3.69. The number of methoxy groups -OCH3 is 1. The summed E-state index contributed by atoms with van der Waals surface area (Å²) in [5.74, 6) is 0.107. The lowest BCUT2D eigenvalue weighted by Gasteiger charge is -2.30. The molecule has 4 heteroatoms. The van der Waals surface area contributed by atoms with Gasteiger partial charge in [-0.1, -0.05) is 24.3 Å². The summed E-state index contributed by atoms with van der Waals surface area (Å²) in [4.78, 5) is 11.7. The Morgan fingerprint density at radius 3 is 3.00 bits per heavy atom. The Bertz CT molecular complexity index is 631. The van der Waals surface area contributed by atoms with Crippen molar-refractivity contribution in [2.75, 3.05) is 12.8 Å². The SMILES string of the molecule is COC(=O)c1cc(N)cn1CC1Cc2ccccc21. The third-order valence-corrected chi connectivity index (χ3v) is 3.69. The van der Waals surface area contributed by atoms with Crippen LogP contribution in [0.25, 0.3) is 0 Å². The van der Waals surface area contributed by atoms with Crippen LogP contribution in [0.15, 0.2) is 36.5 Å². The number of nitrogen functional groups attached to an aromatic ring is 1. The lowest BCUT2D eigenvalue weighted by Crippen LogP contribution is -2.23. The van der Waals surface area contributed by atoms with Gasteiger partial charge in [0.25, 0.3) is 0 Å². The second-order valence-corrected chi connectivity index (χ2v) is 4.90. The third kappa shape index (κ3) is 1.99. The van der Waals surface area contributed by atoms with Crippen LogP contribution >= 0.6 is 0 Å². The smallest absolute Gasteiger partial charge is 0.354 e. The van der Waals surface area contributed by atoms with E-state index in [0.717, 1.165) is 13.0 Å². The molecule has 0 amide bonds. The van der Waals surface area contributed by atoms with E-state index < -0.39 is 0 Å². The van der Waals surface area contributed by atoms with Crippen LogP contribution in [0.2, 0.25) is 0 Å². The first-order valence-electron chi connectivity index (χ1n) is 6.31. The van der Waals surface area contributed by atoms with E-state index in [0.29, 0.717) is 17.3 Å². The van der Waals surface area contributed by atoms with E-state index in [4.69, 9.17) is 10.5 Å². The molecule has 1 aromatic carbocycles. The number of carbonyl (C=O) groups excluding carboxylic acids is 1. The van der Waals surface area contributed by atoms with Gasteiger partial charge in [-0.05, 0) is 23.6 Å². The van der Waals surface area contributed by atoms with E-state index in [9.17, 15) is 4.79 Å². The predicted molar refractivity (Wildman–Crippen MR) is 73.1 cm³/mol. The van der Waals surface area contributed by atoms with Gasteiger partial charge in [0, 0.05) is 18.7 Å². The van der Waals surface area contributed by atoms with Gasteiger partial charge in [-0.15, -0.1) is 0 Å². The van der Waals surface area contributed by atoms with Crippen molar-refractivity contribution in [3.05, 3.63) is 53.3 Å². The Hall–Kier alpha value is -2.23. The number of fused-ring (bicyclic) bond motifs is 1. The average Bonchev–Trinajstić information content (AvgIpc) is 2.76. The number of nitrogens with zero attached hydrogens (tertiary/aromatic N) is 1. The number of aromatic nitrogens is 1. The van der Waals surface area contributed by atoms with Gasteiger partial charge in [-0.2, -0.15) is 0 Å². The van der Waals surface area contributed by atoms with E-state index in [1.807, 2.05) is 4.57 Å². The first kappa shape index (κ1) is 11.8. The average molecular weight is 256 g/mol. The summed E-state index contributed by atoms with van der Waals surface area (Å²) >= 11 is 0. The number of rotatable bonds is 3. The number of nitrogens with two attached hydrogens (primary N) is 1. The number of ether oxygens (including phenoxy) is 1. The van der Waals surface area contributed by atoms with Crippen molar-refractivity contribution in [3.8, 4) is 0 Å². The molecule has 4 nitrogen and oxygen atoms in total. The second kappa shape index (κ2) is 4.46. The van der Waals surface area contributed by atoms with Crippen LogP contribution in [-0.4, -0.2) is 17.6 Å². The topological polar surface area (TPSA) is 57.2 Å². The van der Waals surface area contributed by atoms with Crippen molar-refractivity contribution in [2.45, 2.75) is 18.9 Å². The number of benzene rings is 1. The molecule has 0 saturated heterocycles. The molecule has 1 unspecified atom stereocenters. The van der Waals surface area contributed by atoms with E-state index in [-0.39, 0.29) is 5.97 Å². The van der Waals surface area contributed by atoms with Crippen molar-refractivity contribution in [3.63, 3.8) is 0 Å². The minimum absolute atomic E-state index is 0.343. The largest absolute Gasteiger partial charge is 0.464 e. The molecule has 0 radical (unpaired) electrons. The molecule has 98 valence electrons. The maximum Gasteiger partial charge on any atom is 0.354 e. The highest BCUT2D eigenvalue weighted by Gasteiger charge is 2.27. The van der Waals surface area contributed by atoms with Crippen LogP contribution in [0.3, 0.4) is 0 Å². The van der Waals surface area contributed by atoms with Gasteiger partial charge in [-0.25, -0.2) is 4.79 Å². The van der Waals surface area contributed by atoms with Gasteiger partial charge >= 0.3 is 5.97 Å². The highest BCUT2D eigenvalue weighted by Crippen LogP contribution is 2.36. The standard InChI is InChI=1S/C15H16N2O2/c1-19-15(18)14-7-12(16)9-17(14)8-11-6-10-4-2-3-5-13(10)11/h2-5,7,9,11H,6,8,16H2,1H3. The van der Waals surface area contributed by atoms with E-state index in [1.165, 1.54) is 18.2 Å². The summed E-state index contributed by atoms with van der Waals surface area (Å²) in [6.07, 6.45) is 2.85. The minimum Gasteiger partial charge on any atom is -0.464 e. The Labute approximate surface area is 111 Å². The second-order valence-electron chi connectivity index (χ2n) is 4.90. The quantitative estimate of drug-likeness (QED) is 0.856. The highest BCUT2D eigenvalue weighted by atomic mass is 16.5. The molecule has 0 spiro atoms. The summed E-state index contributed by atoms with van der Waals surface area (Å²) in [7, 11) is 1.38. The summed E-state index contributed by atoms with van der Waals surface area (Å²) in [5, 5.41) is 0.